The van der Waals surface area contributed by atoms with Crippen LogP contribution in [0.3, 0.4) is 0 Å². The first kappa shape index (κ1) is 9.84. The molecule has 16 heavy (non-hydrogen) atoms. The molecule has 4 nitrogen and oxygen atoms in total. The first-order chi connectivity index (χ1) is 7.95. The molecule has 2 aromatic rings. The quantitative estimate of drug-likeness (QED) is 0.802. The van der Waals surface area contributed by atoms with E-state index in [0.29, 0.717) is 0 Å². The molecule has 1 saturated heterocycles. The zero-order chi connectivity index (χ0) is 10.8. The summed E-state index contributed by atoms with van der Waals surface area (Å²) in [5, 5.41) is 6.05. The van der Waals surface area contributed by atoms with Gasteiger partial charge in [-0.15, -0.1) is 5.10 Å². The van der Waals surface area contributed by atoms with Crippen LogP contribution in [0.25, 0.3) is 11.3 Å². The van der Waals surface area contributed by atoms with E-state index in [1.165, 1.54) is 30.8 Å². The molecular formula is C11H13N3OS. The standard InChI is InChI=1S/C11H13N3OS/c1-2-4-14(5-3-1)11-7-15-6-9(11)10-8-16-13-12-10/h6-8H,1-5H2. The van der Waals surface area contributed by atoms with Gasteiger partial charge in [0, 0.05) is 18.5 Å². The summed E-state index contributed by atoms with van der Waals surface area (Å²) >= 11 is 1.37. The van der Waals surface area contributed by atoms with Gasteiger partial charge in [0.2, 0.25) is 0 Å². The Morgan fingerprint density at radius 3 is 2.81 bits per heavy atom. The van der Waals surface area contributed by atoms with Crippen molar-refractivity contribution in [1.29, 1.82) is 0 Å². The summed E-state index contributed by atoms with van der Waals surface area (Å²) in [5.74, 6) is 0. The van der Waals surface area contributed by atoms with Crippen molar-refractivity contribution in [3.63, 3.8) is 0 Å². The lowest BCUT2D eigenvalue weighted by Gasteiger charge is -2.28. The molecule has 0 bridgehead atoms. The van der Waals surface area contributed by atoms with Crippen LogP contribution in [-0.2, 0) is 0 Å². The summed E-state index contributed by atoms with van der Waals surface area (Å²) in [7, 11) is 0. The molecule has 1 fully saturated rings. The normalized spacial score (nSPS) is 16.6. The molecule has 3 rings (SSSR count). The third kappa shape index (κ3) is 1.71. The van der Waals surface area contributed by atoms with Crippen LogP contribution in [0.5, 0.6) is 0 Å². The zero-order valence-electron chi connectivity index (χ0n) is 8.93. The van der Waals surface area contributed by atoms with Gasteiger partial charge in [-0.1, -0.05) is 4.49 Å². The molecule has 0 atom stereocenters. The molecule has 2 aromatic heterocycles. The molecule has 0 aliphatic carbocycles. The van der Waals surface area contributed by atoms with Crippen LogP contribution in [0, 0.1) is 0 Å². The van der Waals surface area contributed by atoms with E-state index in [-0.39, 0.29) is 0 Å². The summed E-state index contributed by atoms with van der Waals surface area (Å²) in [5.41, 5.74) is 3.14. The van der Waals surface area contributed by atoms with E-state index < -0.39 is 0 Å². The van der Waals surface area contributed by atoms with Crippen molar-refractivity contribution >= 4 is 17.2 Å². The van der Waals surface area contributed by atoms with Crippen molar-refractivity contribution < 1.29 is 4.42 Å². The van der Waals surface area contributed by atoms with E-state index in [4.69, 9.17) is 4.42 Å². The Morgan fingerprint density at radius 1 is 1.19 bits per heavy atom. The molecule has 1 aliphatic heterocycles. The first-order valence-corrected chi connectivity index (χ1v) is 6.37. The average Bonchev–Trinajstić information content (AvgIpc) is 3.01. The molecule has 0 saturated carbocycles. The van der Waals surface area contributed by atoms with Gasteiger partial charge < -0.3 is 9.32 Å². The fourth-order valence-electron chi connectivity index (χ4n) is 2.14. The Labute approximate surface area is 98.1 Å². The summed E-state index contributed by atoms with van der Waals surface area (Å²) in [4.78, 5) is 2.38. The molecule has 5 heteroatoms. The van der Waals surface area contributed by atoms with Crippen molar-refractivity contribution in [2.45, 2.75) is 19.3 Å². The van der Waals surface area contributed by atoms with Crippen LogP contribution in [0.4, 0.5) is 5.69 Å². The van der Waals surface area contributed by atoms with Crippen LogP contribution in [0.1, 0.15) is 19.3 Å². The smallest absolute Gasteiger partial charge is 0.114 e. The number of nitrogens with zero attached hydrogens (tertiary/aromatic N) is 3. The highest BCUT2D eigenvalue weighted by Gasteiger charge is 2.18. The van der Waals surface area contributed by atoms with Crippen LogP contribution < -0.4 is 4.90 Å². The van der Waals surface area contributed by atoms with Gasteiger partial charge in [0.25, 0.3) is 0 Å². The minimum Gasteiger partial charge on any atom is -0.470 e. The van der Waals surface area contributed by atoms with Crippen molar-refractivity contribution in [1.82, 2.24) is 9.59 Å². The minimum absolute atomic E-state index is 0.916. The number of anilines is 1. The lowest BCUT2D eigenvalue weighted by molar-refractivity contribution is 0.553. The van der Waals surface area contributed by atoms with Gasteiger partial charge in [-0.25, -0.2) is 0 Å². The van der Waals surface area contributed by atoms with E-state index in [2.05, 4.69) is 14.5 Å². The fraction of sp³-hybridized carbons (Fsp3) is 0.455. The predicted molar refractivity (Wildman–Crippen MR) is 63.7 cm³/mol. The topological polar surface area (TPSA) is 42.2 Å². The number of piperidine rings is 1. The second-order valence-electron chi connectivity index (χ2n) is 4.01. The number of furan rings is 1. The van der Waals surface area contributed by atoms with Gasteiger partial charge in [0.15, 0.2) is 0 Å². The van der Waals surface area contributed by atoms with E-state index in [0.717, 1.165) is 30.0 Å². The average molecular weight is 235 g/mol. The SMILES string of the molecule is c1snnc1-c1cocc1N1CCCCC1. The van der Waals surface area contributed by atoms with E-state index in [1.807, 2.05) is 11.6 Å². The lowest BCUT2D eigenvalue weighted by atomic mass is 10.1. The molecule has 0 N–H and O–H groups in total. The third-order valence-electron chi connectivity index (χ3n) is 2.97. The highest BCUT2D eigenvalue weighted by molar-refractivity contribution is 7.03. The van der Waals surface area contributed by atoms with Gasteiger partial charge in [0.05, 0.1) is 11.3 Å². The first-order valence-electron chi connectivity index (χ1n) is 5.54. The molecule has 0 aromatic carbocycles. The Morgan fingerprint density at radius 2 is 2.06 bits per heavy atom. The number of hydrogen-bond acceptors (Lipinski definition) is 5. The van der Waals surface area contributed by atoms with Crippen molar-refractivity contribution in [2.24, 2.45) is 0 Å². The van der Waals surface area contributed by atoms with Crippen molar-refractivity contribution in [3.8, 4) is 11.3 Å². The van der Waals surface area contributed by atoms with Crippen LogP contribution in [0.2, 0.25) is 0 Å². The highest BCUT2D eigenvalue weighted by Crippen LogP contribution is 2.32. The number of hydrogen-bond donors (Lipinski definition) is 0. The molecule has 0 amide bonds. The molecule has 1 aliphatic rings. The van der Waals surface area contributed by atoms with Gasteiger partial charge in [-0.3, -0.25) is 0 Å². The van der Waals surface area contributed by atoms with E-state index in [1.54, 1.807) is 6.26 Å². The molecular weight excluding hydrogens is 222 g/mol. The van der Waals surface area contributed by atoms with Gasteiger partial charge in [-0.2, -0.15) is 0 Å². The van der Waals surface area contributed by atoms with Gasteiger partial charge >= 0.3 is 0 Å². The maximum absolute atomic E-state index is 5.32. The maximum atomic E-state index is 5.32. The number of rotatable bonds is 2. The summed E-state index contributed by atoms with van der Waals surface area (Å²) in [6.45, 7) is 2.23. The van der Waals surface area contributed by atoms with Crippen LogP contribution in [0.15, 0.2) is 22.3 Å². The van der Waals surface area contributed by atoms with Gasteiger partial charge in [-0.05, 0) is 30.8 Å². The number of aromatic nitrogens is 2. The van der Waals surface area contributed by atoms with E-state index >= 15 is 0 Å². The van der Waals surface area contributed by atoms with Crippen molar-refractivity contribution in [3.05, 3.63) is 17.9 Å². The minimum atomic E-state index is 0.916. The molecule has 0 spiro atoms. The summed E-state index contributed by atoms with van der Waals surface area (Å²) in [6, 6.07) is 0. The van der Waals surface area contributed by atoms with Crippen molar-refractivity contribution in [2.75, 3.05) is 18.0 Å². The monoisotopic (exact) mass is 235 g/mol. The second kappa shape index (κ2) is 4.25. The van der Waals surface area contributed by atoms with Crippen LogP contribution in [-0.4, -0.2) is 22.7 Å². The Hall–Kier alpha value is -1.36. The molecule has 0 radical (unpaired) electrons. The Bertz CT molecular complexity index is 446. The third-order valence-corrected chi connectivity index (χ3v) is 3.48. The predicted octanol–water partition coefficient (Wildman–Crippen LogP) is 2.79. The zero-order valence-corrected chi connectivity index (χ0v) is 9.74. The summed E-state index contributed by atoms with van der Waals surface area (Å²) in [6.07, 6.45) is 7.45. The van der Waals surface area contributed by atoms with Crippen LogP contribution >= 0.6 is 11.5 Å². The summed E-state index contributed by atoms with van der Waals surface area (Å²) < 4.78 is 9.21. The largest absolute Gasteiger partial charge is 0.470 e. The molecule has 0 unspecified atom stereocenters. The Kier molecular flexibility index (Phi) is 2.61. The lowest BCUT2D eigenvalue weighted by Crippen LogP contribution is -2.29. The molecule has 84 valence electrons. The highest BCUT2D eigenvalue weighted by atomic mass is 32.1. The second-order valence-corrected chi connectivity index (χ2v) is 4.62. The fourth-order valence-corrected chi connectivity index (χ4v) is 2.60. The molecule has 3 heterocycles. The maximum Gasteiger partial charge on any atom is 0.114 e. The Balaban J connectivity index is 1.92. The van der Waals surface area contributed by atoms with Gasteiger partial charge in [0.1, 0.15) is 18.2 Å². The van der Waals surface area contributed by atoms with E-state index in [9.17, 15) is 0 Å².